The maximum absolute atomic E-state index is 12.5. The molecule has 1 saturated heterocycles. The fourth-order valence-corrected chi connectivity index (χ4v) is 5.29. The third-order valence-electron chi connectivity index (χ3n) is 5.02. The number of hydrogen-bond donors (Lipinski definition) is 1. The molecule has 0 spiro atoms. The molecule has 1 aliphatic rings. The van der Waals surface area contributed by atoms with Gasteiger partial charge in [0.05, 0.1) is 17.1 Å². The molecular weight excluding hydrogens is 402 g/mol. The second-order valence-corrected chi connectivity index (χ2v) is 11.4. The zero-order chi connectivity index (χ0) is 21.1. The predicted molar refractivity (Wildman–Crippen MR) is 108 cm³/mol. The van der Waals surface area contributed by atoms with Crippen LogP contribution in [0, 0.1) is 5.92 Å². The van der Waals surface area contributed by atoms with E-state index in [1.807, 2.05) is 0 Å². The van der Waals surface area contributed by atoms with E-state index >= 15 is 0 Å². The molecule has 1 aromatic rings. The van der Waals surface area contributed by atoms with Crippen LogP contribution in [0.3, 0.4) is 0 Å². The number of sulfonamides is 2. The summed E-state index contributed by atoms with van der Waals surface area (Å²) in [5.74, 6) is -0.563. The van der Waals surface area contributed by atoms with Crippen molar-refractivity contribution in [1.29, 1.82) is 0 Å². The molecule has 28 heavy (non-hydrogen) atoms. The molecule has 1 atom stereocenters. The van der Waals surface area contributed by atoms with Gasteiger partial charge in [-0.15, -0.1) is 0 Å². The number of nitrogens with one attached hydrogen (secondary N) is 1. The van der Waals surface area contributed by atoms with Crippen molar-refractivity contribution < 1.29 is 21.6 Å². The lowest BCUT2D eigenvalue weighted by molar-refractivity contribution is -0.126. The molecule has 158 valence electrons. The van der Waals surface area contributed by atoms with E-state index in [-0.39, 0.29) is 35.9 Å². The molecule has 1 aromatic carbocycles. The average molecular weight is 432 g/mol. The van der Waals surface area contributed by atoms with Crippen LogP contribution in [0.2, 0.25) is 0 Å². The monoisotopic (exact) mass is 431 g/mol. The summed E-state index contributed by atoms with van der Waals surface area (Å²) in [6.07, 6.45) is 2.46. The predicted octanol–water partition coefficient (Wildman–Crippen LogP) is 1.00. The number of nitrogens with zero attached hydrogens (tertiary/aromatic N) is 2. The molecule has 0 bridgehead atoms. The minimum Gasteiger partial charge on any atom is -0.352 e. The first-order valence-corrected chi connectivity index (χ1v) is 12.5. The van der Waals surface area contributed by atoms with Crippen LogP contribution in [0.5, 0.6) is 0 Å². The topological polar surface area (TPSA) is 104 Å². The van der Waals surface area contributed by atoms with Gasteiger partial charge in [-0.3, -0.25) is 4.79 Å². The van der Waals surface area contributed by atoms with Crippen LogP contribution in [-0.4, -0.2) is 63.8 Å². The molecule has 0 saturated carbocycles. The first-order valence-electron chi connectivity index (χ1n) is 9.22. The molecule has 10 heteroatoms. The summed E-state index contributed by atoms with van der Waals surface area (Å²) < 4.78 is 50.9. The molecule has 1 amide bonds. The lowest BCUT2D eigenvalue weighted by atomic mass is 9.99. The van der Waals surface area contributed by atoms with Gasteiger partial charge in [0.25, 0.3) is 0 Å². The highest BCUT2D eigenvalue weighted by atomic mass is 32.2. The summed E-state index contributed by atoms with van der Waals surface area (Å²) in [6.45, 7) is 4.51. The molecule has 1 N–H and O–H groups in total. The molecule has 1 heterocycles. The van der Waals surface area contributed by atoms with Crippen molar-refractivity contribution in [3.63, 3.8) is 0 Å². The van der Waals surface area contributed by atoms with Crippen molar-refractivity contribution in [2.75, 3.05) is 26.4 Å². The van der Waals surface area contributed by atoms with Crippen LogP contribution in [0.1, 0.15) is 32.3 Å². The maximum atomic E-state index is 12.5. The highest BCUT2D eigenvalue weighted by Gasteiger charge is 2.30. The number of carbonyl (C=O) groups excluding carboxylic acids is 1. The molecule has 0 aromatic heterocycles. The third-order valence-corrected chi connectivity index (χ3v) is 8.34. The van der Waals surface area contributed by atoms with Gasteiger partial charge in [-0.2, -0.15) is 4.31 Å². The van der Waals surface area contributed by atoms with Crippen LogP contribution in [-0.2, 0) is 31.4 Å². The fraction of sp³-hybridized carbons (Fsp3) is 0.611. The Morgan fingerprint density at radius 2 is 1.82 bits per heavy atom. The Morgan fingerprint density at radius 3 is 2.36 bits per heavy atom. The van der Waals surface area contributed by atoms with Gasteiger partial charge in [0.2, 0.25) is 26.0 Å². The van der Waals surface area contributed by atoms with E-state index in [4.69, 9.17) is 0 Å². The number of benzene rings is 1. The Morgan fingerprint density at radius 1 is 1.21 bits per heavy atom. The van der Waals surface area contributed by atoms with Gasteiger partial charge in [0, 0.05) is 32.7 Å². The summed E-state index contributed by atoms with van der Waals surface area (Å²) in [7, 11) is -5.30. The Labute approximate surface area is 168 Å². The zero-order valence-electron chi connectivity index (χ0n) is 16.8. The van der Waals surface area contributed by atoms with Gasteiger partial charge in [0.1, 0.15) is 0 Å². The van der Waals surface area contributed by atoms with Crippen molar-refractivity contribution in [3.8, 4) is 0 Å². The lowest BCUT2D eigenvalue weighted by Crippen LogP contribution is -2.44. The van der Waals surface area contributed by atoms with E-state index in [0.717, 1.165) is 11.8 Å². The molecule has 0 radical (unpaired) electrons. The number of piperidine rings is 1. The van der Waals surface area contributed by atoms with Crippen molar-refractivity contribution >= 4 is 26.0 Å². The van der Waals surface area contributed by atoms with E-state index < -0.39 is 20.0 Å². The standard InChI is InChI=1S/C18H29N3O5S2/c1-14(2)20(3)28(25,26)17-9-7-15(8-10-17)12-19-18(22)16-6-5-11-21(13-16)27(4,23)24/h7-10,14,16H,5-6,11-13H2,1-4H3,(H,19,22). The second-order valence-electron chi connectivity index (χ2n) is 7.44. The Hall–Kier alpha value is -1.49. The maximum Gasteiger partial charge on any atom is 0.243 e. The zero-order valence-corrected chi connectivity index (χ0v) is 18.4. The number of hydrogen-bond acceptors (Lipinski definition) is 5. The van der Waals surface area contributed by atoms with Crippen LogP contribution >= 0.6 is 0 Å². The van der Waals surface area contributed by atoms with Gasteiger partial charge in [-0.1, -0.05) is 12.1 Å². The van der Waals surface area contributed by atoms with E-state index in [0.29, 0.717) is 19.4 Å². The minimum absolute atomic E-state index is 0.147. The van der Waals surface area contributed by atoms with E-state index in [1.54, 1.807) is 26.0 Å². The van der Waals surface area contributed by atoms with Gasteiger partial charge in [-0.05, 0) is 44.4 Å². The number of amides is 1. The van der Waals surface area contributed by atoms with E-state index in [9.17, 15) is 21.6 Å². The Kier molecular flexibility index (Phi) is 7.24. The highest BCUT2D eigenvalue weighted by molar-refractivity contribution is 7.89. The van der Waals surface area contributed by atoms with Crippen LogP contribution in [0.15, 0.2) is 29.2 Å². The van der Waals surface area contributed by atoms with Gasteiger partial charge < -0.3 is 5.32 Å². The average Bonchev–Trinajstić information content (AvgIpc) is 2.65. The third kappa shape index (κ3) is 5.53. The molecule has 0 aliphatic carbocycles. The quantitative estimate of drug-likeness (QED) is 0.694. The van der Waals surface area contributed by atoms with Crippen molar-refractivity contribution in [2.45, 2.75) is 44.2 Å². The summed E-state index contributed by atoms with van der Waals surface area (Å²) in [6, 6.07) is 6.25. The normalized spacial score (nSPS) is 19.1. The first kappa shape index (κ1) is 22.8. The first-order chi connectivity index (χ1) is 12.9. The number of rotatable bonds is 7. The van der Waals surface area contributed by atoms with Crippen LogP contribution in [0.4, 0.5) is 0 Å². The van der Waals surface area contributed by atoms with Crippen molar-refractivity contribution in [1.82, 2.24) is 13.9 Å². The molecule has 1 fully saturated rings. The Bertz CT molecular complexity index is 896. The van der Waals surface area contributed by atoms with Gasteiger partial charge >= 0.3 is 0 Å². The Balaban J connectivity index is 1.97. The lowest BCUT2D eigenvalue weighted by Gasteiger charge is -2.30. The molecular formula is C18H29N3O5S2. The van der Waals surface area contributed by atoms with Gasteiger partial charge in [-0.25, -0.2) is 21.1 Å². The minimum atomic E-state index is -3.54. The van der Waals surface area contributed by atoms with Crippen LogP contribution in [0.25, 0.3) is 0 Å². The molecule has 2 rings (SSSR count). The summed E-state index contributed by atoms with van der Waals surface area (Å²) in [4.78, 5) is 12.6. The van der Waals surface area contributed by atoms with Crippen LogP contribution < -0.4 is 5.32 Å². The summed E-state index contributed by atoms with van der Waals surface area (Å²) in [5.41, 5.74) is 0.773. The highest BCUT2D eigenvalue weighted by Crippen LogP contribution is 2.20. The number of carbonyl (C=O) groups is 1. The van der Waals surface area contributed by atoms with Crippen molar-refractivity contribution in [3.05, 3.63) is 29.8 Å². The van der Waals surface area contributed by atoms with E-state index in [2.05, 4.69) is 5.32 Å². The summed E-state index contributed by atoms with van der Waals surface area (Å²) in [5, 5.41) is 2.82. The van der Waals surface area contributed by atoms with E-state index in [1.165, 1.54) is 27.8 Å². The largest absolute Gasteiger partial charge is 0.352 e. The second kappa shape index (κ2) is 8.89. The smallest absolute Gasteiger partial charge is 0.243 e. The van der Waals surface area contributed by atoms with Crippen molar-refractivity contribution in [2.24, 2.45) is 5.92 Å². The fourth-order valence-electron chi connectivity index (χ4n) is 3.01. The summed E-state index contributed by atoms with van der Waals surface area (Å²) >= 11 is 0. The van der Waals surface area contributed by atoms with Gasteiger partial charge in [0.15, 0.2) is 0 Å². The molecule has 8 nitrogen and oxygen atoms in total. The molecule has 1 unspecified atom stereocenters. The SMILES string of the molecule is CC(C)N(C)S(=O)(=O)c1ccc(CNC(=O)C2CCCN(S(C)(=O)=O)C2)cc1. The molecule has 1 aliphatic heterocycles.